The van der Waals surface area contributed by atoms with Gasteiger partial charge in [0.1, 0.15) is 0 Å². The number of H-pyrrole nitrogens is 1. The highest BCUT2D eigenvalue weighted by Gasteiger charge is 2.17. The number of hydrogen-bond acceptors (Lipinski definition) is 2. The molecule has 0 aliphatic carbocycles. The van der Waals surface area contributed by atoms with Crippen LogP contribution in [0.4, 0.5) is 0 Å². The molecule has 1 N–H and O–H groups in total. The predicted molar refractivity (Wildman–Crippen MR) is 50.9 cm³/mol. The van der Waals surface area contributed by atoms with E-state index in [-0.39, 0.29) is 5.12 Å². The summed E-state index contributed by atoms with van der Waals surface area (Å²) in [7, 11) is 0. The van der Waals surface area contributed by atoms with Crippen LogP contribution in [-0.2, 0) is 4.79 Å². The lowest BCUT2D eigenvalue weighted by atomic mass is 10.2. The summed E-state index contributed by atoms with van der Waals surface area (Å²) in [6, 6.07) is 3.89. The first kappa shape index (κ1) is 7.68. The molecule has 1 saturated heterocycles. The third-order valence-corrected chi connectivity index (χ3v) is 2.75. The number of carbonyl (C=O) groups excluding carboxylic acids is 1. The summed E-state index contributed by atoms with van der Waals surface area (Å²) < 4.78 is 0. The molecule has 0 amide bonds. The molecule has 0 unspecified atom stereocenters. The second kappa shape index (κ2) is 3.19. The Hall–Kier alpha value is -0.960. The number of rotatable bonds is 1. The molecule has 1 aromatic heterocycles. The molecule has 0 spiro atoms. The fourth-order valence-corrected chi connectivity index (χ4v) is 2.06. The van der Waals surface area contributed by atoms with Gasteiger partial charge in [0.05, 0.1) is 0 Å². The predicted octanol–water partition coefficient (Wildman–Crippen LogP) is 2.06. The van der Waals surface area contributed by atoms with Gasteiger partial charge in [-0.2, -0.15) is 0 Å². The minimum Gasteiger partial charge on any atom is -0.362 e. The Bertz CT molecular complexity index is 313. The second-order valence-electron chi connectivity index (χ2n) is 2.68. The first-order valence-electron chi connectivity index (χ1n) is 3.87. The zero-order chi connectivity index (χ0) is 8.39. The lowest BCUT2D eigenvalue weighted by Crippen LogP contribution is -1.87. The Kier molecular flexibility index (Phi) is 2.04. The summed E-state index contributed by atoms with van der Waals surface area (Å²) in [6.45, 7) is 0. The summed E-state index contributed by atoms with van der Waals surface area (Å²) in [5.41, 5.74) is 1.95. The number of nitrogens with one attached hydrogen (secondary N) is 1. The average molecular weight is 179 g/mol. The van der Waals surface area contributed by atoms with Gasteiger partial charge < -0.3 is 4.98 Å². The number of thioether (sulfide) groups is 1. The van der Waals surface area contributed by atoms with Crippen molar-refractivity contribution in [3.05, 3.63) is 29.6 Å². The molecular weight excluding hydrogens is 170 g/mol. The van der Waals surface area contributed by atoms with Gasteiger partial charge >= 0.3 is 0 Å². The summed E-state index contributed by atoms with van der Waals surface area (Å²) in [5, 5.41) is 0.226. The molecule has 1 aliphatic heterocycles. The van der Waals surface area contributed by atoms with Crippen molar-refractivity contribution in [2.24, 2.45) is 0 Å². The van der Waals surface area contributed by atoms with Crippen molar-refractivity contribution < 1.29 is 4.79 Å². The molecule has 2 rings (SSSR count). The molecule has 0 saturated carbocycles. The van der Waals surface area contributed by atoms with Crippen LogP contribution >= 0.6 is 11.8 Å². The normalized spacial score (nSPS) is 20.7. The maximum Gasteiger partial charge on any atom is 0.215 e. The number of carbonyl (C=O) groups is 1. The van der Waals surface area contributed by atoms with Crippen LogP contribution in [0.3, 0.4) is 0 Å². The molecule has 62 valence electrons. The van der Waals surface area contributed by atoms with E-state index < -0.39 is 0 Å². The summed E-state index contributed by atoms with van der Waals surface area (Å²) in [4.78, 5) is 14.2. The van der Waals surface area contributed by atoms with Crippen LogP contribution < -0.4 is 0 Å². The SMILES string of the molecule is O=C1SCCC1=Cc1ccc[nH]1. The largest absolute Gasteiger partial charge is 0.362 e. The van der Waals surface area contributed by atoms with Gasteiger partial charge in [0.15, 0.2) is 0 Å². The summed E-state index contributed by atoms with van der Waals surface area (Å²) in [5.74, 6) is 0.936. The molecule has 0 radical (unpaired) electrons. The van der Waals surface area contributed by atoms with Gasteiger partial charge in [0, 0.05) is 23.2 Å². The maximum atomic E-state index is 11.2. The third-order valence-electron chi connectivity index (χ3n) is 1.82. The van der Waals surface area contributed by atoms with Crippen molar-refractivity contribution in [3.63, 3.8) is 0 Å². The Morgan fingerprint density at radius 3 is 3.08 bits per heavy atom. The van der Waals surface area contributed by atoms with E-state index in [0.29, 0.717) is 0 Å². The van der Waals surface area contributed by atoms with Crippen molar-refractivity contribution in [2.45, 2.75) is 6.42 Å². The Morgan fingerprint density at radius 2 is 2.50 bits per heavy atom. The smallest absolute Gasteiger partial charge is 0.215 e. The van der Waals surface area contributed by atoms with Crippen molar-refractivity contribution in [1.29, 1.82) is 0 Å². The number of aromatic nitrogens is 1. The van der Waals surface area contributed by atoms with E-state index in [0.717, 1.165) is 23.4 Å². The molecule has 0 atom stereocenters. The second-order valence-corrected chi connectivity index (χ2v) is 3.75. The highest BCUT2D eigenvalue weighted by molar-refractivity contribution is 8.14. The van der Waals surface area contributed by atoms with Crippen LogP contribution in [0.1, 0.15) is 12.1 Å². The monoisotopic (exact) mass is 179 g/mol. The Morgan fingerprint density at radius 1 is 1.58 bits per heavy atom. The molecule has 3 heteroatoms. The minimum atomic E-state index is 0.226. The lowest BCUT2D eigenvalue weighted by Gasteiger charge is -1.90. The van der Waals surface area contributed by atoms with Crippen molar-refractivity contribution in [2.75, 3.05) is 5.75 Å². The van der Waals surface area contributed by atoms with Gasteiger partial charge in [-0.1, -0.05) is 11.8 Å². The van der Waals surface area contributed by atoms with Crippen LogP contribution in [-0.4, -0.2) is 15.9 Å². The van der Waals surface area contributed by atoms with Crippen LogP contribution in [0.25, 0.3) is 6.08 Å². The van der Waals surface area contributed by atoms with E-state index in [4.69, 9.17) is 0 Å². The first-order chi connectivity index (χ1) is 5.86. The van der Waals surface area contributed by atoms with Crippen molar-refractivity contribution in [3.8, 4) is 0 Å². The molecule has 2 heterocycles. The molecule has 0 bridgehead atoms. The van der Waals surface area contributed by atoms with E-state index >= 15 is 0 Å². The van der Waals surface area contributed by atoms with Gasteiger partial charge in [-0.25, -0.2) is 0 Å². The van der Waals surface area contributed by atoms with Crippen LogP contribution in [0, 0.1) is 0 Å². The molecular formula is C9H9NOS. The van der Waals surface area contributed by atoms with Crippen molar-refractivity contribution >= 4 is 23.0 Å². The molecule has 1 aliphatic rings. The standard InChI is InChI=1S/C9H9NOS/c11-9-7(3-5-12-9)6-8-2-1-4-10-8/h1-2,4,6,10H,3,5H2. The highest BCUT2D eigenvalue weighted by atomic mass is 32.2. The molecule has 1 aromatic rings. The van der Waals surface area contributed by atoms with E-state index in [1.807, 2.05) is 24.4 Å². The Labute approximate surface area is 75.1 Å². The van der Waals surface area contributed by atoms with E-state index in [2.05, 4.69) is 4.98 Å². The van der Waals surface area contributed by atoms with Gasteiger partial charge in [-0.05, 0) is 24.6 Å². The van der Waals surface area contributed by atoms with Crippen LogP contribution in [0.2, 0.25) is 0 Å². The Balaban J connectivity index is 2.23. The van der Waals surface area contributed by atoms with Gasteiger partial charge in [-0.15, -0.1) is 0 Å². The fraction of sp³-hybridized carbons (Fsp3) is 0.222. The fourth-order valence-electron chi connectivity index (χ4n) is 1.20. The molecule has 12 heavy (non-hydrogen) atoms. The van der Waals surface area contributed by atoms with Gasteiger partial charge in [0.2, 0.25) is 5.12 Å². The average Bonchev–Trinajstić information content (AvgIpc) is 2.65. The summed E-state index contributed by atoms with van der Waals surface area (Å²) in [6.07, 6.45) is 4.70. The zero-order valence-corrected chi connectivity index (χ0v) is 7.36. The van der Waals surface area contributed by atoms with Gasteiger partial charge in [0.25, 0.3) is 0 Å². The van der Waals surface area contributed by atoms with E-state index in [1.165, 1.54) is 11.8 Å². The highest BCUT2D eigenvalue weighted by Crippen LogP contribution is 2.26. The van der Waals surface area contributed by atoms with Gasteiger partial charge in [-0.3, -0.25) is 4.79 Å². The number of hydrogen-bond donors (Lipinski definition) is 1. The van der Waals surface area contributed by atoms with E-state index in [1.54, 1.807) is 0 Å². The molecule has 1 fully saturated rings. The van der Waals surface area contributed by atoms with Crippen molar-refractivity contribution in [1.82, 2.24) is 4.98 Å². The third kappa shape index (κ3) is 1.46. The molecule has 0 aromatic carbocycles. The zero-order valence-electron chi connectivity index (χ0n) is 6.54. The molecule has 2 nitrogen and oxygen atoms in total. The van der Waals surface area contributed by atoms with Crippen LogP contribution in [0.5, 0.6) is 0 Å². The summed E-state index contributed by atoms with van der Waals surface area (Å²) >= 11 is 1.41. The first-order valence-corrected chi connectivity index (χ1v) is 4.86. The maximum absolute atomic E-state index is 11.2. The minimum absolute atomic E-state index is 0.226. The van der Waals surface area contributed by atoms with E-state index in [9.17, 15) is 4.79 Å². The topological polar surface area (TPSA) is 32.9 Å². The number of aromatic amines is 1. The quantitative estimate of drug-likeness (QED) is 0.669. The van der Waals surface area contributed by atoms with Crippen LogP contribution in [0.15, 0.2) is 23.9 Å². The lowest BCUT2D eigenvalue weighted by molar-refractivity contribution is -0.107.